The maximum absolute atomic E-state index is 2.54. The van der Waals surface area contributed by atoms with E-state index >= 15 is 0 Å². The van der Waals surface area contributed by atoms with E-state index in [1.54, 1.807) is 0 Å². The first-order chi connectivity index (χ1) is 41.6. The van der Waals surface area contributed by atoms with Crippen molar-refractivity contribution < 1.29 is 0 Å². The summed E-state index contributed by atoms with van der Waals surface area (Å²) in [5.74, 6) is 0. The van der Waals surface area contributed by atoms with Gasteiger partial charge in [0.2, 0.25) is 0 Å². The average molecular weight is 1090 g/mol. The van der Waals surface area contributed by atoms with Gasteiger partial charge in [0, 0.05) is 77.4 Å². The van der Waals surface area contributed by atoms with Crippen molar-refractivity contribution in [2.75, 3.05) is 4.90 Å². The molecule has 15 aromatic rings. The topological polar surface area (TPSA) is 18.0 Å². The van der Waals surface area contributed by atoms with E-state index in [1.807, 2.05) is 0 Å². The Balaban J connectivity index is 0.873. The smallest absolute Gasteiger partial charge is 0.0585 e. The molecule has 17 rings (SSSR count). The summed E-state index contributed by atoms with van der Waals surface area (Å²) in [5.41, 5.74) is 29.1. The number of anilines is 3. The van der Waals surface area contributed by atoms with Crippen molar-refractivity contribution in [3.05, 3.63) is 301 Å². The third-order valence-corrected chi connectivity index (χ3v) is 19.0. The number of aromatic nitrogens is 3. The first kappa shape index (κ1) is 49.2. The number of para-hydroxylation sites is 3. The van der Waals surface area contributed by atoms with Crippen LogP contribution in [0, 0.1) is 6.92 Å². The van der Waals surface area contributed by atoms with Crippen LogP contribution in [-0.2, 0) is 10.8 Å². The maximum atomic E-state index is 2.54. The molecule has 85 heavy (non-hydrogen) atoms. The van der Waals surface area contributed by atoms with Gasteiger partial charge < -0.3 is 18.6 Å². The van der Waals surface area contributed by atoms with Crippen molar-refractivity contribution >= 4 is 71.6 Å². The van der Waals surface area contributed by atoms with Crippen LogP contribution in [0.1, 0.15) is 55.5 Å². The van der Waals surface area contributed by atoms with E-state index in [4.69, 9.17) is 0 Å². The Hall–Kier alpha value is -10.4. The van der Waals surface area contributed by atoms with Crippen LogP contribution in [0.3, 0.4) is 0 Å². The minimum absolute atomic E-state index is 0.155. The van der Waals surface area contributed by atoms with Crippen LogP contribution in [0.5, 0.6) is 0 Å². The first-order valence-electron chi connectivity index (χ1n) is 29.8. The van der Waals surface area contributed by atoms with Crippen LogP contribution in [0.2, 0.25) is 0 Å². The predicted octanol–water partition coefficient (Wildman–Crippen LogP) is 21.5. The van der Waals surface area contributed by atoms with Gasteiger partial charge in [0.25, 0.3) is 0 Å². The van der Waals surface area contributed by atoms with Crippen LogP contribution in [0.4, 0.5) is 17.1 Å². The Morgan fingerprint density at radius 2 is 0.788 bits per heavy atom. The molecule has 4 nitrogen and oxygen atoms in total. The summed E-state index contributed by atoms with van der Waals surface area (Å²) >= 11 is 0. The molecule has 0 aliphatic heterocycles. The molecule has 12 aromatic carbocycles. The van der Waals surface area contributed by atoms with Crippen molar-refractivity contribution in [2.24, 2.45) is 0 Å². The largest absolute Gasteiger partial charge is 0.310 e. The normalized spacial score (nSPS) is 13.7. The summed E-state index contributed by atoms with van der Waals surface area (Å²) in [6.45, 7) is 11.8. The molecule has 404 valence electrons. The lowest BCUT2D eigenvalue weighted by Gasteiger charge is -2.28. The summed E-state index contributed by atoms with van der Waals surface area (Å²) in [6, 6.07) is 102. The summed E-state index contributed by atoms with van der Waals surface area (Å²) in [4.78, 5) is 2.44. The van der Waals surface area contributed by atoms with E-state index in [0.717, 1.165) is 45.2 Å². The molecule has 0 saturated heterocycles. The second kappa shape index (κ2) is 18.3. The Morgan fingerprint density at radius 1 is 0.282 bits per heavy atom. The molecule has 0 atom stereocenters. The van der Waals surface area contributed by atoms with Gasteiger partial charge >= 0.3 is 0 Å². The molecule has 0 bridgehead atoms. The zero-order valence-electron chi connectivity index (χ0n) is 48.3. The number of fused-ring (bicyclic) bond motifs is 14. The summed E-state index contributed by atoms with van der Waals surface area (Å²) < 4.78 is 7.44. The molecule has 3 aromatic heterocycles. The molecule has 4 heteroatoms. The minimum Gasteiger partial charge on any atom is -0.310 e. The van der Waals surface area contributed by atoms with E-state index in [9.17, 15) is 0 Å². The van der Waals surface area contributed by atoms with Gasteiger partial charge in [-0.2, -0.15) is 0 Å². The van der Waals surface area contributed by atoms with Crippen LogP contribution < -0.4 is 4.90 Å². The van der Waals surface area contributed by atoms with Crippen LogP contribution in [-0.4, -0.2) is 13.7 Å². The van der Waals surface area contributed by atoms with Crippen molar-refractivity contribution in [1.29, 1.82) is 0 Å². The lowest BCUT2D eigenvalue weighted by Crippen LogP contribution is -2.16. The average Bonchev–Trinajstić information content (AvgIpc) is 1.59. The molecular formula is C81H60N4. The van der Waals surface area contributed by atoms with E-state index in [-0.39, 0.29) is 10.8 Å². The highest BCUT2D eigenvalue weighted by atomic mass is 15.1. The van der Waals surface area contributed by atoms with Crippen molar-refractivity contribution in [3.8, 4) is 61.7 Å². The summed E-state index contributed by atoms with van der Waals surface area (Å²) in [7, 11) is 0. The van der Waals surface area contributed by atoms with E-state index in [2.05, 4.69) is 326 Å². The van der Waals surface area contributed by atoms with Crippen molar-refractivity contribution in [3.63, 3.8) is 0 Å². The van der Waals surface area contributed by atoms with Crippen LogP contribution >= 0.6 is 0 Å². The maximum Gasteiger partial charge on any atom is 0.0585 e. The van der Waals surface area contributed by atoms with Crippen LogP contribution in [0.25, 0.3) is 116 Å². The molecule has 0 saturated carbocycles. The predicted molar refractivity (Wildman–Crippen MR) is 357 cm³/mol. The summed E-state index contributed by atoms with van der Waals surface area (Å²) in [6.07, 6.45) is 0. The fraction of sp³-hybridized carbons (Fsp3) is 0.0864. The Bertz CT molecular complexity index is 5210. The molecule has 0 radical (unpaired) electrons. The highest BCUT2D eigenvalue weighted by Gasteiger charge is 2.41. The Kier molecular flexibility index (Phi) is 10.6. The van der Waals surface area contributed by atoms with Gasteiger partial charge in [0.15, 0.2) is 0 Å². The fourth-order valence-electron chi connectivity index (χ4n) is 15.0. The zero-order chi connectivity index (χ0) is 56.9. The number of aryl methyl sites for hydroxylation is 1. The summed E-state index contributed by atoms with van der Waals surface area (Å²) in [5, 5.41) is 6.22. The number of rotatable bonds is 8. The molecule has 0 N–H and O–H groups in total. The molecular weight excluding hydrogens is 1030 g/mol. The van der Waals surface area contributed by atoms with Gasteiger partial charge in [-0.3, -0.25) is 0 Å². The molecule has 0 unspecified atom stereocenters. The van der Waals surface area contributed by atoms with Gasteiger partial charge in [0.05, 0.1) is 33.3 Å². The second-order valence-electron chi connectivity index (χ2n) is 24.6. The van der Waals surface area contributed by atoms with E-state index in [1.165, 1.54) is 116 Å². The fourth-order valence-corrected chi connectivity index (χ4v) is 15.0. The van der Waals surface area contributed by atoms with E-state index in [0.29, 0.717) is 0 Å². The zero-order valence-corrected chi connectivity index (χ0v) is 48.3. The molecule has 3 heterocycles. The Labute approximate surface area is 495 Å². The van der Waals surface area contributed by atoms with Gasteiger partial charge in [-0.25, -0.2) is 0 Å². The molecule has 0 amide bonds. The first-order valence-corrected chi connectivity index (χ1v) is 29.8. The van der Waals surface area contributed by atoms with Gasteiger partial charge in [0.1, 0.15) is 0 Å². The van der Waals surface area contributed by atoms with Gasteiger partial charge in [-0.15, -0.1) is 0 Å². The van der Waals surface area contributed by atoms with E-state index < -0.39 is 0 Å². The number of benzene rings is 12. The molecule has 0 fully saturated rings. The molecule has 2 aliphatic rings. The lowest BCUT2D eigenvalue weighted by molar-refractivity contribution is 0.660. The highest BCUT2D eigenvalue weighted by molar-refractivity contribution is 6.17. The second-order valence-corrected chi connectivity index (χ2v) is 24.6. The number of hydrogen-bond donors (Lipinski definition) is 0. The van der Waals surface area contributed by atoms with Crippen molar-refractivity contribution in [1.82, 2.24) is 13.7 Å². The van der Waals surface area contributed by atoms with Crippen LogP contribution in [0.15, 0.2) is 273 Å². The lowest BCUT2D eigenvalue weighted by atomic mass is 9.81. The van der Waals surface area contributed by atoms with Gasteiger partial charge in [-0.1, -0.05) is 191 Å². The standard InChI is InChI=1S/C81H60N4/c1-51-29-42-71-65(45-51)62-41-40-61(48-72(62)80(71,2)3)82(58-34-30-53(31-35-58)52-19-9-6-10-20-52)59-36-38-60(39-37-59)84-75-44-33-55(54-32-43-74-66(46-54)63-25-16-18-28-73(63)83(74)56-21-11-7-12-22-56)47-67(75)68-49-69-77(50-76(68)84)85(57-23-13-8-14-24-57)79-64-26-15-17-27-70(64)81(4,5)78(69)79/h6-50H,1-5H3. The number of nitrogens with zero attached hydrogens (tertiary/aromatic N) is 4. The molecule has 0 spiro atoms. The minimum atomic E-state index is -0.225. The Morgan fingerprint density at radius 3 is 1.49 bits per heavy atom. The number of hydrogen-bond acceptors (Lipinski definition) is 1. The SMILES string of the molecule is Cc1ccc2c(c1)-c1ccc(N(c3ccc(-c4ccccc4)cc3)c3ccc(-n4c5ccc(-c6ccc7c(c6)c6ccccc6n7-c6ccccc6)cc5c5cc6c7c(n(-c8ccccc8)c6cc54)-c4ccccc4C7(C)C)cc3)cc1C2(C)C. The van der Waals surface area contributed by atoms with Crippen molar-refractivity contribution in [2.45, 2.75) is 45.4 Å². The van der Waals surface area contributed by atoms with Gasteiger partial charge in [-0.05, 0) is 178 Å². The molecule has 2 aliphatic carbocycles. The monoisotopic (exact) mass is 1090 g/mol. The quantitative estimate of drug-likeness (QED) is 0.148. The third kappa shape index (κ3) is 7.28. The highest BCUT2D eigenvalue weighted by Crippen LogP contribution is 2.56. The third-order valence-electron chi connectivity index (χ3n) is 19.0.